The predicted molar refractivity (Wildman–Crippen MR) is 103 cm³/mol. The maximum atomic E-state index is 12.4. The van der Waals surface area contributed by atoms with E-state index in [-0.39, 0.29) is 18.3 Å². The zero-order valence-corrected chi connectivity index (χ0v) is 15.8. The molecule has 3 N–H and O–H groups in total. The normalized spacial score (nSPS) is 11.7. The first kappa shape index (κ1) is 19.7. The Kier molecular flexibility index (Phi) is 6.46. The summed E-state index contributed by atoms with van der Waals surface area (Å²) in [6.07, 6.45) is 0.419. The number of benzene rings is 2. The van der Waals surface area contributed by atoms with Crippen LogP contribution in [0.2, 0.25) is 5.02 Å². The Morgan fingerprint density at radius 2 is 1.93 bits per heavy atom. The zero-order chi connectivity index (χ0) is 19.9. The molecule has 28 heavy (non-hydrogen) atoms. The molecule has 3 aromatic rings. The highest BCUT2D eigenvalue weighted by Crippen LogP contribution is 2.20. The second-order valence-electron chi connectivity index (χ2n) is 5.91. The maximum absolute atomic E-state index is 12.4. The largest absolute Gasteiger partial charge is 0.497 e. The van der Waals surface area contributed by atoms with E-state index in [1.807, 2.05) is 24.3 Å². The SMILES string of the molecule is COc1ccc(CC(NC(=O)Nc2ccc(Cl)cc2)c2noc(CO)n2)cc1. The van der Waals surface area contributed by atoms with Crippen molar-refractivity contribution in [3.63, 3.8) is 0 Å². The molecule has 3 rings (SSSR count). The molecule has 0 aliphatic carbocycles. The standard InChI is InChI=1S/C19H19ClN4O4/c1-27-15-8-2-12(3-9-15)10-16(18-23-17(11-25)28-24-18)22-19(26)21-14-6-4-13(20)5-7-14/h2-9,16,25H,10-11H2,1H3,(H2,21,22,26). The molecule has 0 saturated carbocycles. The van der Waals surface area contributed by atoms with E-state index in [4.69, 9.17) is 26.0 Å². The van der Waals surface area contributed by atoms with Gasteiger partial charge in [0.25, 0.3) is 5.89 Å². The molecule has 9 heteroatoms. The van der Waals surface area contributed by atoms with E-state index in [2.05, 4.69) is 20.8 Å². The van der Waals surface area contributed by atoms with Gasteiger partial charge >= 0.3 is 6.03 Å². The summed E-state index contributed by atoms with van der Waals surface area (Å²) in [5.41, 5.74) is 1.53. The average molecular weight is 403 g/mol. The molecule has 2 aromatic carbocycles. The number of aromatic nitrogens is 2. The Balaban J connectivity index is 1.74. The summed E-state index contributed by atoms with van der Waals surface area (Å²) >= 11 is 5.86. The molecule has 0 fully saturated rings. The molecule has 0 bridgehead atoms. The van der Waals surface area contributed by atoms with Gasteiger partial charge in [-0.2, -0.15) is 4.98 Å². The fourth-order valence-electron chi connectivity index (χ4n) is 2.54. The first-order valence-corrected chi connectivity index (χ1v) is 8.84. The van der Waals surface area contributed by atoms with Gasteiger partial charge in [-0.3, -0.25) is 0 Å². The van der Waals surface area contributed by atoms with Gasteiger partial charge in [0.05, 0.1) is 13.2 Å². The Bertz CT molecular complexity index is 912. The first-order chi connectivity index (χ1) is 13.6. The molecule has 1 unspecified atom stereocenters. The summed E-state index contributed by atoms with van der Waals surface area (Å²) < 4.78 is 10.1. The average Bonchev–Trinajstić information content (AvgIpc) is 3.19. The number of amides is 2. The van der Waals surface area contributed by atoms with Crippen LogP contribution >= 0.6 is 11.6 Å². The molecule has 1 heterocycles. The molecular formula is C19H19ClN4O4. The molecule has 0 spiro atoms. The van der Waals surface area contributed by atoms with Gasteiger partial charge in [-0.05, 0) is 42.0 Å². The summed E-state index contributed by atoms with van der Waals surface area (Å²) in [7, 11) is 1.59. The number of carbonyl (C=O) groups excluding carboxylic acids is 1. The summed E-state index contributed by atoms with van der Waals surface area (Å²) in [6.45, 7) is -0.376. The first-order valence-electron chi connectivity index (χ1n) is 8.46. The van der Waals surface area contributed by atoms with Gasteiger partial charge in [0.15, 0.2) is 5.82 Å². The topological polar surface area (TPSA) is 110 Å². The highest BCUT2D eigenvalue weighted by molar-refractivity contribution is 6.30. The third-order valence-electron chi connectivity index (χ3n) is 3.94. The van der Waals surface area contributed by atoms with Crippen molar-refractivity contribution in [1.29, 1.82) is 0 Å². The lowest BCUT2D eigenvalue weighted by atomic mass is 10.1. The lowest BCUT2D eigenvalue weighted by molar-refractivity contribution is 0.222. The quantitative estimate of drug-likeness (QED) is 0.559. The molecule has 2 amide bonds. The van der Waals surface area contributed by atoms with Crippen molar-refractivity contribution in [2.45, 2.75) is 19.1 Å². The minimum absolute atomic E-state index is 0.0784. The van der Waals surface area contributed by atoms with E-state index >= 15 is 0 Å². The van der Waals surface area contributed by atoms with Gasteiger partial charge in [-0.25, -0.2) is 4.79 Å². The zero-order valence-electron chi connectivity index (χ0n) is 15.1. The Morgan fingerprint density at radius 3 is 2.54 bits per heavy atom. The number of nitrogens with zero attached hydrogens (tertiary/aromatic N) is 2. The lowest BCUT2D eigenvalue weighted by Gasteiger charge is -2.16. The molecule has 0 saturated heterocycles. The second-order valence-corrected chi connectivity index (χ2v) is 6.35. The van der Waals surface area contributed by atoms with Crippen molar-refractivity contribution < 1.29 is 19.2 Å². The minimum atomic E-state index is -0.565. The van der Waals surface area contributed by atoms with Crippen molar-refractivity contribution in [1.82, 2.24) is 15.5 Å². The number of urea groups is 1. The van der Waals surface area contributed by atoms with Crippen LogP contribution in [0.1, 0.15) is 23.3 Å². The third kappa shape index (κ3) is 5.21. The molecule has 8 nitrogen and oxygen atoms in total. The number of aliphatic hydroxyl groups is 1. The molecular weight excluding hydrogens is 384 g/mol. The van der Waals surface area contributed by atoms with E-state index in [1.165, 1.54) is 0 Å². The van der Waals surface area contributed by atoms with Gasteiger partial charge in [0, 0.05) is 17.1 Å². The highest BCUT2D eigenvalue weighted by atomic mass is 35.5. The Hall–Kier alpha value is -3.10. The smallest absolute Gasteiger partial charge is 0.319 e. The Labute approximate surface area is 166 Å². The second kappa shape index (κ2) is 9.20. The van der Waals surface area contributed by atoms with Crippen LogP contribution in [-0.4, -0.2) is 28.4 Å². The molecule has 1 atom stereocenters. The van der Waals surface area contributed by atoms with Crippen LogP contribution in [-0.2, 0) is 13.0 Å². The van der Waals surface area contributed by atoms with E-state index < -0.39 is 12.1 Å². The van der Waals surface area contributed by atoms with Crippen molar-refractivity contribution >= 4 is 23.3 Å². The van der Waals surface area contributed by atoms with Crippen LogP contribution in [0, 0.1) is 0 Å². The molecule has 146 valence electrons. The lowest BCUT2D eigenvalue weighted by Crippen LogP contribution is -2.34. The van der Waals surface area contributed by atoms with E-state index in [9.17, 15) is 4.79 Å². The summed E-state index contributed by atoms with van der Waals surface area (Å²) in [5, 5.41) is 19.2. The van der Waals surface area contributed by atoms with Crippen LogP contribution in [0.25, 0.3) is 0 Å². The number of ether oxygens (including phenoxy) is 1. The fraction of sp³-hybridized carbons (Fsp3) is 0.211. The summed E-state index contributed by atoms with van der Waals surface area (Å²) in [5.74, 6) is 1.08. The molecule has 0 aliphatic rings. The van der Waals surface area contributed by atoms with Gasteiger partial charge in [-0.15, -0.1) is 0 Å². The monoisotopic (exact) mass is 402 g/mol. The van der Waals surface area contributed by atoms with Crippen LogP contribution in [0.5, 0.6) is 5.75 Å². The summed E-state index contributed by atoms with van der Waals surface area (Å²) in [4.78, 5) is 16.6. The number of methoxy groups -OCH3 is 1. The van der Waals surface area contributed by atoms with Crippen molar-refractivity contribution in [2.75, 3.05) is 12.4 Å². The van der Waals surface area contributed by atoms with Gasteiger partial charge < -0.3 is 25.0 Å². The van der Waals surface area contributed by atoms with Crippen LogP contribution < -0.4 is 15.4 Å². The molecule has 0 aliphatic heterocycles. The van der Waals surface area contributed by atoms with Crippen LogP contribution in [0.4, 0.5) is 10.5 Å². The van der Waals surface area contributed by atoms with Crippen molar-refractivity contribution in [3.05, 3.63) is 70.8 Å². The van der Waals surface area contributed by atoms with Crippen molar-refractivity contribution in [2.24, 2.45) is 0 Å². The van der Waals surface area contributed by atoms with Crippen LogP contribution in [0.15, 0.2) is 53.1 Å². The van der Waals surface area contributed by atoms with Gasteiger partial charge in [0.2, 0.25) is 0 Å². The maximum Gasteiger partial charge on any atom is 0.319 e. The number of aliphatic hydroxyl groups excluding tert-OH is 1. The number of hydrogen-bond donors (Lipinski definition) is 3. The number of nitrogens with one attached hydrogen (secondary N) is 2. The minimum Gasteiger partial charge on any atom is -0.497 e. The fourth-order valence-corrected chi connectivity index (χ4v) is 2.66. The van der Waals surface area contributed by atoms with E-state index in [0.717, 1.165) is 11.3 Å². The number of carbonyl (C=O) groups is 1. The molecule has 0 radical (unpaired) electrons. The highest BCUT2D eigenvalue weighted by Gasteiger charge is 2.21. The molecule has 1 aromatic heterocycles. The van der Waals surface area contributed by atoms with Crippen LogP contribution in [0.3, 0.4) is 0 Å². The number of hydrogen-bond acceptors (Lipinski definition) is 6. The number of halogens is 1. The summed E-state index contributed by atoms with van der Waals surface area (Å²) in [6, 6.07) is 13.2. The van der Waals surface area contributed by atoms with E-state index in [1.54, 1.807) is 31.4 Å². The van der Waals surface area contributed by atoms with Crippen molar-refractivity contribution in [3.8, 4) is 5.75 Å². The van der Waals surface area contributed by atoms with E-state index in [0.29, 0.717) is 17.1 Å². The number of rotatable bonds is 7. The van der Waals surface area contributed by atoms with Gasteiger partial charge in [-0.1, -0.05) is 28.9 Å². The Morgan fingerprint density at radius 1 is 1.21 bits per heavy atom. The van der Waals surface area contributed by atoms with Gasteiger partial charge in [0.1, 0.15) is 12.4 Å². The predicted octanol–water partition coefficient (Wildman–Crippen LogP) is 3.33. The third-order valence-corrected chi connectivity index (χ3v) is 4.19. The number of anilines is 1.